The number of aromatic nitrogens is 1. The molecule has 0 amide bonds. The summed E-state index contributed by atoms with van der Waals surface area (Å²) in [6.07, 6.45) is 2.30. The van der Waals surface area contributed by atoms with Gasteiger partial charge in [-0.1, -0.05) is 26.7 Å². The van der Waals surface area contributed by atoms with Crippen molar-refractivity contribution in [3.05, 3.63) is 18.2 Å². The monoisotopic (exact) mass is 247 g/mol. The third-order valence-corrected chi connectivity index (χ3v) is 3.52. The van der Waals surface area contributed by atoms with Crippen molar-refractivity contribution in [1.82, 2.24) is 4.98 Å². The number of nitrogen functional groups attached to an aromatic ring is 1. The Labute approximate surface area is 108 Å². The molecule has 1 aromatic carbocycles. The van der Waals surface area contributed by atoms with Gasteiger partial charge in [0, 0.05) is 11.7 Å². The van der Waals surface area contributed by atoms with Crippen LogP contribution >= 0.6 is 0 Å². The molecule has 3 N–H and O–H groups in total. The van der Waals surface area contributed by atoms with Crippen LogP contribution in [0.3, 0.4) is 0 Å². The Bertz CT molecular complexity index is 517. The highest BCUT2D eigenvalue weighted by atomic mass is 16.4. The number of nitrogens with two attached hydrogens (primary N) is 1. The summed E-state index contributed by atoms with van der Waals surface area (Å²) in [6, 6.07) is 6.43. The number of oxazole rings is 1. The molecular formula is C14H21N3O. The third kappa shape index (κ3) is 2.58. The second kappa shape index (κ2) is 5.29. The normalized spacial score (nSPS) is 13.1. The van der Waals surface area contributed by atoms with E-state index in [1.165, 1.54) is 0 Å². The summed E-state index contributed by atoms with van der Waals surface area (Å²) in [5.74, 6) is 0.630. The van der Waals surface area contributed by atoms with Crippen molar-refractivity contribution >= 4 is 22.8 Å². The summed E-state index contributed by atoms with van der Waals surface area (Å²) in [5.41, 5.74) is 7.99. The molecule has 18 heavy (non-hydrogen) atoms. The summed E-state index contributed by atoms with van der Waals surface area (Å²) in [4.78, 5) is 4.41. The Balaban J connectivity index is 2.16. The van der Waals surface area contributed by atoms with E-state index in [-0.39, 0.29) is 0 Å². The van der Waals surface area contributed by atoms with E-state index >= 15 is 0 Å². The first-order valence-corrected chi connectivity index (χ1v) is 6.56. The molecule has 0 aliphatic rings. The minimum atomic E-state index is 0.352. The highest BCUT2D eigenvalue weighted by Gasteiger charge is 2.15. The van der Waals surface area contributed by atoms with Crippen molar-refractivity contribution in [2.75, 3.05) is 11.1 Å². The zero-order chi connectivity index (χ0) is 13.1. The van der Waals surface area contributed by atoms with Crippen LogP contribution < -0.4 is 11.1 Å². The highest BCUT2D eigenvalue weighted by Crippen LogP contribution is 2.23. The van der Waals surface area contributed by atoms with Crippen LogP contribution in [-0.4, -0.2) is 11.0 Å². The van der Waals surface area contributed by atoms with Gasteiger partial charge in [0.25, 0.3) is 6.01 Å². The third-order valence-electron chi connectivity index (χ3n) is 3.52. The molecule has 2 rings (SSSR count). The van der Waals surface area contributed by atoms with Gasteiger partial charge >= 0.3 is 0 Å². The summed E-state index contributed by atoms with van der Waals surface area (Å²) in [5, 5.41) is 3.33. The molecule has 1 heterocycles. The number of hydrogen-bond donors (Lipinski definition) is 2. The van der Waals surface area contributed by atoms with Gasteiger partial charge in [0.05, 0.1) is 0 Å². The molecule has 0 radical (unpaired) electrons. The van der Waals surface area contributed by atoms with Crippen LogP contribution in [-0.2, 0) is 0 Å². The van der Waals surface area contributed by atoms with Crippen LogP contribution in [0.25, 0.3) is 11.1 Å². The van der Waals surface area contributed by atoms with Gasteiger partial charge in [0.1, 0.15) is 5.52 Å². The van der Waals surface area contributed by atoms with E-state index in [9.17, 15) is 0 Å². The minimum Gasteiger partial charge on any atom is -0.424 e. The fourth-order valence-corrected chi connectivity index (χ4v) is 2.31. The Kier molecular flexibility index (Phi) is 3.75. The Hall–Kier alpha value is -1.71. The zero-order valence-corrected chi connectivity index (χ0v) is 11.2. The predicted octanol–water partition coefficient (Wildman–Crippen LogP) is 3.65. The zero-order valence-electron chi connectivity index (χ0n) is 11.2. The van der Waals surface area contributed by atoms with Crippen molar-refractivity contribution in [1.29, 1.82) is 0 Å². The summed E-state index contributed by atoms with van der Waals surface area (Å²) >= 11 is 0. The number of anilines is 2. The average molecular weight is 247 g/mol. The standard InChI is InChI=1S/C14H21N3O/c1-4-10(5-2)9(3)16-14-17-12-8-11(15)6-7-13(12)18-14/h6-10H,4-5,15H2,1-3H3,(H,16,17). The lowest BCUT2D eigenvalue weighted by Gasteiger charge is -2.21. The number of rotatable bonds is 5. The first-order valence-electron chi connectivity index (χ1n) is 6.56. The highest BCUT2D eigenvalue weighted by molar-refractivity contribution is 5.78. The van der Waals surface area contributed by atoms with Crippen LogP contribution in [0.4, 0.5) is 11.7 Å². The molecule has 4 nitrogen and oxygen atoms in total. The van der Waals surface area contributed by atoms with Crippen LogP contribution in [0.1, 0.15) is 33.6 Å². The predicted molar refractivity (Wildman–Crippen MR) is 75.6 cm³/mol. The Morgan fingerprint density at radius 1 is 1.33 bits per heavy atom. The van der Waals surface area contributed by atoms with Crippen molar-refractivity contribution in [3.8, 4) is 0 Å². The summed E-state index contributed by atoms with van der Waals surface area (Å²) in [6.45, 7) is 6.58. The SMILES string of the molecule is CCC(CC)C(C)Nc1nc2cc(N)ccc2o1. The molecule has 2 aromatic rings. The second-order valence-corrected chi connectivity index (χ2v) is 4.76. The Morgan fingerprint density at radius 3 is 2.72 bits per heavy atom. The molecule has 0 spiro atoms. The summed E-state index contributed by atoms with van der Waals surface area (Å²) in [7, 11) is 0. The molecular weight excluding hydrogens is 226 g/mol. The van der Waals surface area contributed by atoms with Crippen molar-refractivity contribution in [2.24, 2.45) is 5.92 Å². The van der Waals surface area contributed by atoms with E-state index < -0.39 is 0 Å². The quantitative estimate of drug-likeness (QED) is 0.792. The minimum absolute atomic E-state index is 0.352. The molecule has 0 saturated heterocycles. The van der Waals surface area contributed by atoms with Gasteiger partial charge in [-0.05, 0) is 31.0 Å². The lowest BCUT2D eigenvalue weighted by molar-refractivity contribution is 0.428. The first-order chi connectivity index (χ1) is 8.63. The van der Waals surface area contributed by atoms with Gasteiger partial charge in [-0.2, -0.15) is 4.98 Å². The number of nitrogens with zero attached hydrogens (tertiary/aromatic N) is 1. The van der Waals surface area contributed by atoms with E-state index in [1.54, 1.807) is 0 Å². The van der Waals surface area contributed by atoms with Crippen molar-refractivity contribution in [2.45, 2.75) is 39.7 Å². The van der Waals surface area contributed by atoms with Gasteiger partial charge in [0.15, 0.2) is 5.58 Å². The second-order valence-electron chi connectivity index (χ2n) is 4.76. The summed E-state index contributed by atoms with van der Waals surface area (Å²) < 4.78 is 5.66. The number of fused-ring (bicyclic) bond motifs is 1. The average Bonchev–Trinajstić information content (AvgIpc) is 2.71. The fraction of sp³-hybridized carbons (Fsp3) is 0.500. The molecule has 1 aromatic heterocycles. The van der Waals surface area contributed by atoms with E-state index in [0.29, 0.717) is 23.7 Å². The molecule has 0 fully saturated rings. The van der Waals surface area contributed by atoms with Gasteiger partial charge in [-0.3, -0.25) is 0 Å². The lowest BCUT2D eigenvalue weighted by Crippen LogP contribution is -2.25. The van der Waals surface area contributed by atoms with Crippen LogP contribution in [0.15, 0.2) is 22.6 Å². The maximum absolute atomic E-state index is 5.72. The van der Waals surface area contributed by atoms with Crippen LogP contribution in [0.2, 0.25) is 0 Å². The molecule has 4 heteroatoms. The maximum atomic E-state index is 5.72. The topological polar surface area (TPSA) is 64.1 Å². The molecule has 1 unspecified atom stereocenters. The van der Waals surface area contributed by atoms with E-state index in [2.05, 4.69) is 31.1 Å². The molecule has 98 valence electrons. The van der Waals surface area contributed by atoms with Gasteiger partial charge in [-0.15, -0.1) is 0 Å². The van der Waals surface area contributed by atoms with Gasteiger partial charge < -0.3 is 15.5 Å². The van der Waals surface area contributed by atoms with E-state index in [4.69, 9.17) is 10.2 Å². The van der Waals surface area contributed by atoms with Crippen LogP contribution in [0.5, 0.6) is 0 Å². The molecule has 0 bridgehead atoms. The maximum Gasteiger partial charge on any atom is 0.295 e. The molecule has 0 saturated carbocycles. The van der Waals surface area contributed by atoms with Crippen LogP contribution in [0, 0.1) is 5.92 Å². The molecule has 0 aliphatic heterocycles. The number of benzene rings is 1. The largest absolute Gasteiger partial charge is 0.424 e. The molecule has 1 atom stereocenters. The van der Waals surface area contributed by atoms with Crippen molar-refractivity contribution < 1.29 is 4.42 Å². The van der Waals surface area contributed by atoms with Gasteiger partial charge in [-0.25, -0.2) is 0 Å². The number of hydrogen-bond acceptors (Lipinski definition) is 4. The number of nitrogens with one attached hydrogen (secondary N) is 1. The van der Waals surface area contributed by atoms with E-state index in [1.807, 2.05) is 18.2 Å². The first kappa shape index (κ1) is 12.7. The molecule has 0 aliphatic carbocycles. The fourth-order valence-electron chi connectivity index (χ4n) is 2.31. The van der Waals surface area contributed by atoms with Crippen molar-refractivity contribution in [3.63, 3.8) is 0 Å². The van der Waals surface area contributed by atoms with E-state index in [0.717, 1.165) is 23.9 Å². The smallest absolute Gasteiger partial charge is 0.295 e. The lowest BCUT2D eigenvalue weighted by atomic mass is 9.96. The van der Waals surface area contributed by atoms with Gasteiger partial charge in [0.2, 0.25) is 0 Å². The Morgan fingerprint density at radius 2 is 2.06 bits per heavy atom.